The van der Waals surface area contributed by atoms with Gasteiger partial charge in [0.1, 0.15) is 0 Å². The zero-order chi connectivity index (χ0) is 18.2. The monoisotopic (exact) mass is 347 g/mol. The smallest absolute Gasteiger partial charge is 0.409 e. The second-order valence-electron chi connectivity index (χ2n) is 6.53. The zero-order valence-electron chi connectivity index (χ0n) is 15.4. The highest BCUT2D eigenvalue weighted by atomic mass is 16.6. The van der Waals surface area contributed by atoms with E-state index in [1.807, 2.05) is 30.1 Å². The maximum Gasteiger partial charge on any atom is 0.409 e. The van der Waals surface area contributed by atoms with Crippen LogP contribution in [0.5, 0.6) is 0 Å². The number of nitrogens with zero attached hydrogens (tertiary/aromatic N) is 2. The van der Waals surface area contributed by atoms with Crippen molar-refractivity contribution in [3.05, 3.63) is 35.9 Å². The minimum absolute atomic E-state index is 0.0277. The Morgan fingerprint density at radius 3 is 2.52 bits per heavy atom. The molecule has 138 valence electrons. The molecule has 1 aliphatic rings. The summed E-state index contributed by atoms with van der Waals surface area (Å²) in [5.74, 6) is 0.0277. The molecule has 2 rings (SSSR count). The van der Waals surface area contributed by atoms with Gasteiger partial charge in [-0.25, -0.2) is 4.79 Å². The molecule has 0 bridgehead atoms. The van der Waals surface area contributed by atoms with Crippen LogP contribution in [-0.2, 0) is 9.53 Å². The largest absolute Gasteiger partial charge is 0.450 e. The van der Waals surface area contributed by atoms with Gasteiger partial charge in [0, 0.05) is 25.2 Å². The van der Waals surface area contributed by atoms with E-state index in [9.17, 15) is 9.59 Å². The summed E-state index contributed by atoms with van der Waals surface area (Å²) in [4.78, 5) is 27.8. The van der Waals surface area contributed by atoms with Crippen LogP contribution in [0.15, 0.2) is 30.3 Å². The van der Waals surface area contributed by atoms with Crippen LogP contribution in [0.25, 0.3) is 0 Å². The van der Waals surface area contributed by atoms with Crippen LogP contribution in [0.3, 0.4) is 0 Å². The number of hydrogen-bond acceptors (Lipinski definition) is 4. The Morgan fingerprint density at radius 2 is 1.92 bits per heavy atom. The molecule has 1 fully saturated rings. The first-order valence-electron chi connectivity index (χ1n) is 8.97. The van der Waals surface area contributed by atoms with Crippen LogP contribution >= 0.6 is 0 Å². The van der Waals surface area contributed by atoms with Crippen molar-refractivity contribution in [2.24, 2.45) is 0 Å². The minimum Gasteiger partial charge on any atom is -0.450 e. The molecule has 1 aliphatic heterocycles. The lowest BCUT2D eigenvalue weighted by Crippen LogP contribution is -2.48. The first-order chi connectivity index (χ1) is 12.0. The number of hydrogen-bond donors (Lipinski definition) is 1. The zero-order valence-corrected chi connectivity index (χ0v) is 15.4. The molecule has 2 amide bonds. The van der Waals surface area contributed by atoms with Gasteiger partial charge in [-0.05, 0) is 39.3 Å². The van der Waals surface area contributed by atoms with E-state index in [2.05, 4.69) is 24.4 Å². The molecule has 0 radical (unpaired) electrons. The van der Waals surface area contributed by atoms with E-state index in [-0.39, 0.29) is 24.1 Å². The van der Waals surface area contributed by atoms with Gasteiger partial charge in [0.25, 0.3) is 0 Å². The molecule has 1 heterocycles. The fourth-order valence-corrected chi connectivity index (χ4v) is 3.04. The number of nitrogens with one attached hydrogen (secondary N) is 1. The second kappa shape index (κ2) is 9.42. The molecule has 0 saturated carbocycles. The van der Waals surface area contributed by atoms with Crippen molar-refractivity contribution >= 4 is 12.0 Å². The number of ether oxygens (including phenoxy) is 1. The first kappa shape index (κ1) is 19.2. The third-order valence-corrected chi connectivity index (χ3v) is 4.72. The Morgan fingerprint density at radius 1 is 1.28 bits per heavy atom. The summed E-state index contributed by atoms with van der Waals surface area (Å²) < 4.78 is 5.01. The van der Waals surface area contributed by atoms with Gasteiger partial charge in [-0.1, -0.05) is 30.3 Å². The highest BCUT2D eigenvalue weighted by Crippen LogP contribution is 2.18. The number of likely N-dealkylation sites (tertiary alicyclic amines) is 1. The SMILES string of the molecule is CCOC(=O)N1CCC(NC(=O)CN(C)[C@H](C)c2ccccc2)CC1. The topological polar surface area (TPSA) is 61.9 Å². The number of rotatable bonds is 6. The van der Waals surface area contributed by atoms with E-state index in [1.54, 1.807) is 11.8 Å². The fourth-order valence-electron chi connectivity index (χ4n) is 3.04. The average Bonchev–Trinajstić information content (AvgIpc) is 2.62. The highest BCUT2D eigenvalue weighted by molar-refractivity contribution is 5.78. The summed E-state index contributed by atoms with van der Waals surface area (Å²) in [6.07, 6.45) is 1.27. The van der Waals surface area contributed by atoms with Gasteiger partial charge in [0.15, 0.2) is 0 Å². The van der Waals surface area contributed by atoms with Crippen molar-refractivity contribution in [2.75, 3.05) is 33.3 Å². The van der Waals surface area contributed by atoms with Crippen LogP contribution in [-0.4, -0.2) is 61.1 Å². The Bertz CT molecular complexity index is 556. The summed E-state index contributed by atoms with van der Waals surface area (Å²) >= 11 is 0. The molecule has 1 saturated heterocycles. The summed E-state index contributed by atoms with van der Waals surface area (Å²) in [7, 11) is 1.96. The maximum atomic E-state index is 12.3. The van der Waals surface area contributed by atoms with Crippen molar-refractivity contribution < 1.29 is 14.3 Å². The predicted molar refractivity (Wildman–Crippen MR) is 97.2 cm³/mol. The van der Waals surface area contributed by atoms with Crippen molar-refractivity contribution in [2.45, 2.75) is 38.8 Å². The molecule has 0 unspecified atom stereocenters. The number of carbonyl (C=O) groups excluding carboxylic acids is 2. The number of benzene rings is 1. The molecular formula is C19H29N3O3. The maximum absolute atomic E-state index is 12.3. The molecule has 0 aliphatic carbocycles. The quantitative estimate of drug-likeness (QED) is 0.858. The second-order valence-corrected chi connectivity index (χ2v) is 6.53. The standard InChI is InChI=1S/C19H29N3O3/c1-4-25-19(24)22-12-10-17(11-13-22)20-18(23)14-21(3)15(2)16-8-6-5-7-9-16/h5-9,15,17H,4,10-14H2,1-3H3,(H,20,23)/t15-/m1/s1. The summed E-state index contributed by atoms with van der Waals surface area (Å²) in [6, 6.07) is 10.5. The molecular weight excluding hydrogens is 318 g/mol. The van der Waals surface area contributed by atoms with E-state index >= 15 is 0 Å². The van der Waals surface area contributed by atoms with Gasteiger partial charge in [0.05, 0.1) is 13.2 Å². The fraction of sp³-hybridized carbons (Fsp3) is 0.579. The number of carbonyl (C=O) groups is 2. The Balaban J connectivity index is 1.74. The lowest BCUT2D eigenvalue weighted by atomic mass is 10.1. The van der Waals surface area contributed by atoms with E-state index < -0.39 is 0 Å². The Kier molecular flexibility index (Phi) is 7.25. The molecule has 1 atom stereocenters. The van der Waals surface area contributed by atoms with Crippen molar-refractivity contribution in [1.82, 2.24) is 15.1 Å². The number of amides is 2. The summed E-state index contributed by atoms with van der Waals surface area (Å²) in [5, 5.41) is 3.09. The lowest BCUT2D eigenvalue weighted by molar-refractivity contribution is -0.123. The Labute approximate surface area is 150 Å². The summed E-state index contributed by atoms with van der Waals surface area (Å²) in [5.41, 5.74) is 1.19. The van der Waals surface area contributed by atoms with E-state index in [0.717, 1.165) is 12.8 Å². The highest BCUT2D eigenvalue weighted by Gasteiger charge is 2.25. The van der Waals surface area contributed by atoms with Gasteiger partial charge in [-0.2, -0.15) is 0 Å². The van der Waals surface area contributed by atoms with Gasteiger partial charge >= 0.3 is 6.09 Å². The van der Waals surface area contributed by atoms with E-state index in [0.29, 0.717) is 26.2 Å². The van der Waals surface area contributed by atoms with E-state index in [1.165, 1.54) is 5.56 Å². The van der Waals surface area contributed by atoms with Gasteiger partial charge in [-0.3, -0.25) is 9.69 Å². The van der Waals surface area contributed by atoms with Crippen LogP contribution in [0.4, 0.5) is 4.79 Å². The summed E-state index contributed by atoms with van der Waals surface area (Å²) in [6.45, 7) is 5.90. The van der Waals surface area contributed by atoms with E-state index in [4.69, 9.17) is 4.74 Å². The number of likely N-dealkylation sites (N-methyl/N-ethyl adjacent to an activating group) is 1. The molecule has 1 aromatic rings. The van der Waals surface area contributed by atoms with Crippen LogP contribution in [0, 0.1) is 0 Å². The molecule has 1 N–H and O–H groups in total. The van der Waals surface area contributed by atoms with Crippen LogP contribution in [0.1, 0.15) is 38.3 Å². The first-order valence-corrected chi connectivity index (χ1v) is 8.97. The Hall–Kier alpha value is -2.08. The molecule has 1 aromatic carbocycles. The molecule has 0 spiro atoms. The van der Waals surface area contributed by atoms with Gasteiger partial charge in [0.2, 0.25) is 5.91 Å². The van der Waals surface area contributed by atoms with Crippen LogP contribution in [0.2, 0.25) is 0 Å². The lowest BCUT2D eigenvalue weighted by Gasteiger charge is -2.32. The molecule has 6 heteroatoms. The van der Waals surface area contributed by atoms with Crippen molar-refractivity contribution in [3.63, 3.8) is 0 Å². The molecule has 0 aromatic heterocycles. The average molecular weight is 347 g/mol. The predicted octanol–water partition coefficient (Wildman–Crippen LogP) is 2.42. The molecule has 6 nitrogen and oxygen atoms in total. The van der Waals surface area contributed by atoms with Gasteiger partial charge in [-0.15, -0.1) is 0 Å². The van der Waals surface area contributed by atoms with Crippen LogP contribution < -0.4 is 5.32 Å². The minimum atomic E-state index is -0.260. The third kappa shape index (κ3) is 5.74. The molecule has 25 heavy (non-hydrogen) atoms. The normalized spacial score (nSPS) is 16.6. The number of piperidine rings is 1. The van der Waals surface area contributed by atoms with Crippen molar-refractivity contribution in [3.8, 4) is 0 Å². The van der Waals surface area contributed by atoms with Gasteiger partial charge < -0.3 is 15.0 Å². The van der Waals surface area contributed by atoms with Crippen molar-refractivity contribution in [1.29, 1.82) is 0 Å². The third-order valence-electron chi connectivity index (χ3n) is 4.72.